The third-order valence-corrected chi connectivity index (χ3v) is 5.26. The Kier molecular flexibility index (Phi) is 5.75. The number of aromatic nitrogens is 1. The Hall–Kier alpha value is -2.28. The standard InChI is InChI=1S/C18H24N4O2S/c1-14(2-3-15-4-6-16(23)7-5-15)20-17(24)21-9-11-22(12-10-21)18-19-8-13-25-18/h4-8,13-14,23H,2-3,9-12H2,1H3,(H,20,24). The fourth-order valence-electron chi connectivity index (χ4n) is 2.89. The molecular weight excluding hydrogens is 336 g/mol. The van der Waals surface area contributed by atoms with Crippen LogP contribution in [0, 0.1) is 0 Å². The molecule has 0 aliphatic carbocycles. The zero-order valence-electron chi connectivity index (χ0n) is 14.4. The molecule has 134 valence electrons. The van der Waals surface area contributed by atoms with Crippen molar-refractivity contribution in [2.24, 2.45) is 0 Å². The highest BCUT2D eigenvalue weighted by Crippen LogP contribution is 2.19. The van der Waals surface area contributed by atoms with Gasteiger partial charge in [-0.1, -0.05) is 12.1 Å². The van der Waals surface area contributed by atoms with Gasteiger partial charge in [0.25, 0.3) is 0 Å². The van der Waals surface area contributed by atoms with Gasteiger partial charge < -0.3 is 20.2 Å². The summed E-state index contributed by atoms with van der Waals surface area (Å²) in [5, 5.41) is 15.4. The number of phenols is 1. The molecule has 7 heteroatoms. The van der Waals surface area contributed by atoms with E-state index in [0.717, 1.165) is 49.7 Å². The Bertz CT molecular complexity index is 667. The molecule has 0 radical (unpaired) electrons. The van der Waals surface area contributed by atoms with Crippen molar-refractivity contribution in [2.45, 2.75) is 25.8 Å². The summed E-state index contributed by atoms with van der Waals surface area (Å²) in [7, 11) is 0. The number of carbonyl (C=O) groups excluding carboxylic acids is 1. The monoisotopic (exact) mass is 360 g/mol. The van der Waals surface area contributed by atoms with Gasteiger partial charge in [0.15, 0.2) is 5.13 Å². The highest BCUT2D eigenvalue weighted by Gasteiger charge is 2.23. The summed E-state index contributed by atoms with van der Waals surface area (Å²) < 4.78 is 0. The SMILES string of the molecule is CC(CCc1ccc(O)cc1)NC(=O)N1CCN(c2nccs2)CC1. The van der Waals surface area contributed by atoms with Crippen LogP contribution in [0.1, 0.15) is 18.9 Å². The molecular formula is C18H24N4O2S. The Morgan fingerprint density at radius 3 is 2.64 bits per heavy atom. The largest absolute Gasteiger partial charge is 0.508 e. The van der Waals surface area contributed by atoms with E-state index in [9.17, 15) is 9.90 Å². The van der Waals surface area contributed by atoms with Gasteiger partial charge in [-0.25, -0.2) is 9.78 Å². The molecule has 0 bridgehead atoms. The maximum Gasteiger partial charge on any atom is 0.317 e. The topological polar surface area (TPSA) is 68.7 Å². The van der Waals surface area contributed by atoms with Crippen molar-refractivity contribution in [1.82, 2.24) is 15.2 Å². The van der Waals surface area contributed by atoms with Gasteiger partial charge in [-0.15, -0.1) is 11.3 Å². The first kappa shape index (κ1) is 17.5. The second-order valence-corrected chi connectivity index (χ2v) is 7.22. The number of urea groups is 1. The van der Waals surface area contributed by atoms with Crippen LogP contribution in [-0.2, 0) is 6.42 Å². The van der Waals surface area contributed by atoms with Crippen molar-refractivity contribution in [1.29, 1.82) is 0 Å². The van der Waals surface area contributed by atoms with Gasteiger partial charge >= 0.3 is 6.03 Å². The van der Waals surface area contributed by atoms with E-state index in [2.05, 4.69) is 15.2 Å². The highest BCUT2D eigenvalue weighted by molar-refractivity contribution is 7.13. The van der Waals surface area contributed by atoms with Crippen molar-refractivity contribution in [3.63, 3.8) is 0 Å². The minimum absolute atomic E-state index is 0.0111. The number of anilines is 1. The minimum atomic E-state index is 0.0111. The molecule has 1 aromatic carbocycles. The normalized spacial score (nSPS) is 15.9. The molecule has 1 aromatic heterocycles. The van der Waals surface area contributed by atoms with E-state index >= 15 is 0 Å². The summed E-state index contributed by atoms with van der Waals surface area (Å²) in [6, 6.07) is 7.35. The third-order valence-electron chi connectivity index (χ3n) is 4.43. The Morgan fingerprint density at radius 1 is 1.28 bits per heavy atom. The number of hydrogen-bond acceptors (Lipinski definition) is 5. The van der Waals surface area contributed by atoms with Crippen LogP contribution in [0.4, 0.5) is 9.93 Å². The molecule has 6 nitrogen and oxygen atoms in total. The quantitative estimate of drug-likeness (QED) is 0.860. The molecule has 1 aliphatic heterocycles. The van der Waals surface area contributed by atoms with Crippen molar-refractivity contribution in [3.8, 4) is 5.75 Å². The maximum atomic E-state index is 12.4. The lowest BCUT2D eigenvalue weighted by Gasteiger charge is -2.35. The zero-order chi connectivity index (χ0) is 17.6. The maximum absolute atomic E-state index is 12.4. The van der Waals surface area contributed by atoms with Crippen molar-refractivity contribution in [3.05, 3.63) is 41.4 Å². The van der Waals surface area contributed by atoms with Crippen molar-refractivity contribution >= 4 is 22.5 Å². The number of benzene rings is 1. The predicted molar refractivity (Wildman–Crippen MR) is 100 cm³/mol. The van der Waals surface area contributed by atoms with Gasteiger partial charge in [0.1, 0.15) is 5.75 Å². The summed E-state index contributed by atoms with van der Waals surface area (Å²) >= 11 is 1.64. The number of nitrogens with zero attached hydrogens (tertiary/aromatic N) is 3. The number of thiazole rings is 1. The summed E-state index contributed by atoms with van der Waals surface area (Å²) in [5.41, 5.74) is 1.16. The summed E-state index contributed by atoms with van der Waals surface area (Å²) in [6.45, 7) is 5.11. The van der Waals surface area contributed by atoms with Crippen LogP contribution in [0.2, 0.25) is 0 Å². The summed E-state index contributed by atoms with van der Waals surface area (Å²) in [6.07, 6.45) is 3.56. The number of aromatic hydroxyl groups is 1. The number of rotatable bonds is 5. The Labute approximate surface area is 152 Å². The van der Waals surface area contributed by atoms with E-state index < -0.39 is 0 Å². The number of nitrogens with one attached hydrogen (secondary N) is 1. The van der Waals surface area contributed by atoms with Gasteiger partial charge in [0.2, 0.25) is 0 Å². The van der Waals surface area contributed by atoms with Crippen LogP contribution in [-0.4, -0.2) is 53.2 Å². The molecule has 2 heterocycles. The van der Waals surface area contributed by atoms with Gasteiger partial charge in [-0.05, 0) is 37.5 Å². The summed E-state index contributed by atoms with van der Waals surface area (Å²) in [5.74, 6) is 0.280. The van der Waals surface area contributed by atoms with Gasteiger partial charge in [0.05, 0.1) is 0 Å². The molecule has 1 fully saturated rings. The van der Waals surface area contributed by atoms with Crippen molar-refractivity contribution in [2.75, 3.05) is 31.1 Å². The Morgan fingerprint density at radius 2 is 2.00 bits per heavy atom. The van der Waals surface area contributed by atoms with Gasteiger partial charge in [-0.2, -0.15) is 0 Å². The first-order valence-electron chi connectivity index (χ1n) is 8.59. The molecule has 3 rings (SSSR count). The molecule has 25 heavy (non-hydrogen) atoms. The second kappa shape index (κ2) is 8.20. The zero-order valence-corrected chi connectivity index (χ0v) is 15.2. The van der Waals surface area contributed by atoms with Crippen molar-refractivity contribution < 1.29 is 9.90 Å². The number of amides is 2. The fraction of sp³-hybridized carbons (Fsp3) is 0.444. The lowest BCUT2D eigenvalue weighted by Crippen LogP contribution is -2.53. The average molecular weight is 360 g/mol. The van der Waals surface area contributed by atoms with E-state index in [1.54, 1.807) is 23.5 Å². The average Bonchev–Trinajstić information content (AvgIpc) is 3.16. The lowest BCUT2D eigenvalue weighted by atomic mass is 10.1. The minimum Gasteiger partial charge on any atom is -0.508 e. The molecule has 2 N–H and O–H groups in total. The number of piperazine rings is 1. The highest BCUT2D eigenvalue weighted by atomic mass is 32.1. The second-order valence-electron chi connectivity index (χ2n) is 6.34. The van der Waals surface area contributed by atoms with Gasteiger partial charge in [-0.3, -0.25) is 0 Å². The molecule has 1 unspecified atom stereocenters. The molecule has 2 amide bonds. The van der Waals surface area contributed by atoms with Crippen LogP contribution < -0.4 is 10.2 Å². The van der Waals surface area contributed by atoms with E-state index in [1.165, 1.54) is 0 Å². The van der Waals surface area contributed by atoms with Crippen LogP contribution in [0.15, 0.2) is 35.8 Å². The fourth-order valence-corrected chi connectivity index (χ4v) is 3.59. The van der Waals surface area contributed by atoms with E-state index in [1.807, 2.05) is 35.5 Å². The van der Waals surface area contributed by atoms with Crippen LogP contribution in [0.25, 0.3) is 0 Å². The first-order valence-corrected chi connectivity index (χ1v) is 9.47. The van der Waals surface area contributed by atoms with Crippen LogP contribution in [0.3, 0.4) is 0 Å². The molecule has 2 aromatic rings. The van der Waals surface area contributed by atoms with Crippen LogP contribution in [0.5, 0.6) is 5.75 Å². The molecule has 0 saturated carbocycles. The number of hydrogen-bond donors (Lipinski definition) is 2. The van der Waals surface area contributed by atoms with E-state index in [-0.39, 0.29) is 17.8 Å². The smallest absolute Gasteiger partial charge is 0.317 e. The van der Waals surface area contributed by atoms with E-state index in [0.29, 0.717) is 0 Å². The van der Waals surface area contributed by atoms with E-state index in [4.69, 9.17) is 0 Å². The third kappa shape index (κ3) is 4.85. The number of phenolic OH excluding ortho intramolecular Hbond substituents is 1. The number of aryl methyl sites for hydroxylation is 1. The molecule has 1 aliphatic rings. The number of carbonyl (C=O) groups is 1. The van der Waals surface area contributed by atoms with Crippen LogP contribution >= 0.6 is 11.3 Å². The first-order chi connectivity index (χ1) is 12.1. The van der Waals surface area contributed by atoms with Gasteiger partial charge in [0, 0.05) is 43.8 Å². The predicted octanol–water partition coefficient (Wildman–Crippen LogP) is 2.70. The molecule has 1 atom stereocenters. The molecule has 1 saturated heterocycles. The summed E-state index contributed by atoms with van der Waals surface area (Å²) in [4.78, 5) is 20.8. The lowest BCUT2D eigenvalue weighted by molar-refractivity contribution is 0.190. The Balaban J connectivity index is 1.40. The molecule has 0 spiro atoms.